The Labute approximate surface area is 157 Å². The van der Waals surface area contributed by atoms with Crippen molar-refractivity contribution in [2.24, 2.45) is 0 Å². The second-order valence-electron chi connectivity index (χ2n) is 6.12. The van der Waals surface area contributed by atoms with E-state index < -0.39 is 0 Å². The fraction of sp³-hybridized carbons (Fsp3) is 0.150. The standard InChI is InChI=1S/C20H21N5O2/c1-13-8-9-16(10-14(13)2)27-20-18(21)19(22-12-23-20)25-24-17(26)11-15-6-4-3-5-7-15/h3-10,12H,11,21H2,1-2H3,(H,24,26)(H,22,23,25). The van der Waals surface area contributed by atoms with E-state index in [1.54, 1.807) is 0 Å². The molecule has 2 aromatic carbocycles. The van der Waals surface area contributed by atoms with Gasteiger partial charge in [-0.3, -0.25) is 15.6 Å². The molecule has 0 aliphatic heterocycles. The normalized spacial score (nSPS) is 10.3. The van der Waals surface area contributed by atoms with Crippen LogP contribution < -0.4 is 21.3 Å². The van der Waals surface area contributed by atoms with Gasteiger partial charge in [0.2, 0.25) is 11.8 Å². The van der Waals surface area contributed by atoms with Crippen LogP contribution >= 0.6 is 0 Å². The van der Waals surface area contributed by atoms with Crippen LogP contribution in [0.5, 0.6) is 11.6 Å². The lowest BCUT2D eigenvalue weighted by atomic mass is 10.1. The van der Waals surface area contributed by atoms with Crippen LogP contribution in [0.2, 0.25) is 0 Å². The third kappa shape index (κ3) is 4.72. The summed E-state index contributed by atoms with van der Waals surface area (Å²) in [5.41, 5.74) is 14.8. The third-order valence-corrected chi connectivity index (χ3v) is 4.07. The maximum atomic E-state index is 12.1. The van der Waals surface area contributed by atoms with E-state index in [0.29, 0.717) is 5.75 Å². The van der Waals surface area contributed by atoms with Crippen LogP contribution in [0.3, 0.4) is 0 Å². The van der Waals surface area contributed by atoms with E-state index in [9.17, 15) is 4.79 Å². The van der Waals surface area contributed by atoms with E-state index in [-0.39, 0.29) is 29.7 Å². The molecule has 27 heavy (non-hydrogen) atoms. The van der Waals surface area contributed by atoms with Gasteiger partial charge in [-0.1, -0.05) is 36.4 Å². The molecule has 3 rings (SSSR count). The summed E-state index contributed by atoms with van der Waals surface area (Å²) in [5, 5.41) is 0. The lowest BCUT2D eigenvalue weighted by molar-refractivity contribution is -0.119. The molecule has 138 valence electrons. The van der Waals surface area contributed by atoms with Crippen molar-refractivity contribution in [1.29, 1.82) is 0 Å². The molecule has 4 N–H and O–H groups in total. The van der Waals surface area contributed by atoms with Crippen molar-refractivity contribution in [3.05, 3.63) is 71.5 Å². The predicted molar refractivity (Wildman–Crippen MR) is 104 cm³/mol. The minimum atomic E-state index is -0.212. The van der Waals surface area contributed by atoms with Gasteiger partial charge >= 0.3 is 0 Å². The number of aromatic nitrogens is 2. The number of anilines is 2. The molecule has 1 heterocycles. The SMILES string of the molecule is Cc1ccc(Oc2ncnc(NNC(=O)Cc3ccccc3)c2N)cc1C. The first-order valence-electron chi connectivity index (χ1n) is 8.47. The molecule has 0 fully saturated rings. The van der Waals surface area contributed by atoms with Crippen molar-refractivity contribution >= 4 is 17.4 Å². The molecule has 1 aromatic heterocycles. The summed E-state index contributed by atoms with van der Waals surface area (Å²) < 4.78 is 5.76. The lowest BCUT2D eigenvalue weighted by Gasteiger charge is -2.13. The summed E-state index contributed by atoms with van der Waals surface area (Å²) in [6, 6.07) is 15.2. The van der Waals surface area contributed by atoms with Crippen LogP contribution in [-0.2, 0) is 11.2 Å². The Morgan fingerprint density at radius 1 is 1.07 bits per heavy atom. The predicted octanol–water partition coefficient (Wildman–Crippen LogP) is 3.15. The number of nitrogens with zero attached hydrogens (tertiary/aromatic N) is 2. The van der Waals surface area contributed by atoms with Gasteiger partial charge in [-0.15, -0.1) is 0 Å². The Hall–Kier alpha value is -3.61. The molecule has 0 bridgehead atoms. The number of rotatable bonds is 6. The topological polar surface area (TPSA) is 102 Å². The van der Waals surface area contributed by atoms with Crippen molar-refractivity contribution < 1.29 is 9.53 Å². The van der Waals surface area contributed by atoms with Crippen molar-refractivity contribution in [3.63, 3.8) is 0 Å². The lowest BCUT2D eigenvalue weighted by Crippen LogP contribution is -2.31. The zero-order valence-corrected chi connectivity index (χ0v) is 15.2. The van der Waals surface area contributed by atoms with Gasteiger partial charge in [0.15, 0.2) is 5.82 Å². The Morgan fingerprint density at radius 3 is 2.59 bits per heavy atom. The van der Waals surface area contributed by atoms with Gasteiger partial charge in [0.1, 0.15) is 17.8 Å². The molecular weight excluding hydrogens is 342 g/mol. The Balaban J connectivity index is 1.65. The van der Waals surface area contributed by atoms with E-state index in [0.717, 1.165) is 11.1 Å². The highest BCUT2D eigenvalue weighted by atomic mass is 16.5. The first kappa shape index (κ1) is 18.2. The molecule has 0 unspecified atom stereocenters. The van der Waals surface area contributed by atoms with E-state index in [2.05, 4.69) is 20.8 Å². The third-order valence-electron chi connectivity index (χ3n) is 4.07. The summed E-state index contributed by atoms with van der Waals surface area (Å²) in [5.74, 6) is 0.900. The number of carbonyl (C=O) groups excluding carboxylic acids is 1. The number of nitrogens with one attached hydrogen (secondary N) is 2. The van der Waals surface area contributed by atoms with Gasteiger partial charge in [0.25, 0.3) is 0 Å². The molecule has 0 aliphatic rings. The average molecular weight is 363 g/mol. The zero-order valence-electron chi connectivity index (χ0n) is 15.2. The second-order valence-corrected chi connectivity index (χ2v) is 6.12. The fourth-order valence-electron chi connectivity index (χ4n) is 2.40. The first-order chi connectivity index (χ1) is 13.0. The molecule has 0 aliphatic carbocycles. The van der Waals surface area contributed by atoms with Crippen LogP contribution in [-0.4, -0.2) is 15.9 Å². The summed E-state index contributed by atoms with van der Waals surface area (Å²) in [4.78, 5) is 20.2. The number of amides is 1. The highest BCUT2D eigenvalue weighted by Gasteiger charge is 2.12. The zero-order chi connectivity index (χ0) is 19.2. The number of ether oxygens (including phenoxy) is 1. The van der Waals surface area contributed by atoms with E-state index in [4.69, 9.17) is 10.5 Å². The molecule has 0 atom stereocenters. The van der Waals surface area contributed by atoms with Crippen LogP contribution in [0.4, 0.5) is 11.5 Å². The molecular formula is C20H21N5O2. The molecule has 3 aromatic rings. The Morgan fingerprint density at radius 2 is 1.85 bits per heavy atom. The van der Waals surface area contributed by atoms with Gasteiger partial charge in [-0.25, -0.2) is 4.98 Å². The van der Waals surface area contributed by atoms with Gasteiger partial charge in [0, 0.05) is 0 Å². The van der Waals surface area contributed by atoms with Gasteiger partial charge in [0.05, 0.1) is 6.42 Å². The Kier molecular flexibility index (Phi) is 5.51. The molecule has 0 saturated heterocycles. The summed E-state index contributed by atoms with van der Waals surface area (Å²) in [6.07, 6.45) is 1.56. The number of nitrogens with two attached hydrogens (primary N) is 1. The summed E-state index contributed by atoms with van der Waals surface area (Å²) in [6.45, 7) is 4.03. The summed E-state index contributed by atoms with van der Waals surface area (Å²) in [7, 11) is 0. The highest BCUT2D eigenvalue weighted by Crippen LogP contribution is 2.29. The number of benzene rings is 2. The number of hydrogen-bond acceptors (Lipinski definition) is 6. The largest absolute Gasteiger partial charge is 0.437 e. The minimum Gasteiger partial charge on any atom is -0.437 e. The number of hydrogen-bond donors (Lipinski definition) is 3. The van der Waals surface area contributed by atoms with Gasteiger partial charge in [-0.2, -0.15) is 4.98 Å². The Bertz CT molecular complexity index is 944. The van der Waals surface area contributed by atoms with Crippen LogP contribution in [0.25, 0.3) is 0 Å². The van der Waals surface area contributed by atoms with Crippen molar-refractivity contribution in [2.75, 3.05) is 11.2 Å². The first-order valence-corrected chi connectivity index (χ1v) is 8.47. The molecule has 0 saturated carbocycles. The van der Waals surface area contributed by atoms with Crippen LogP contribution in [0.1, 0.15) is 16.7 Å². The molecule has 7 heteroatoms. The van der Waals surface area contributed by atoms with E-state index in [1.807, 2.05) is 62.4 Å². The molecule has 7 nitrogen and oxygen atoms in total. The highest BCUT2D eigenvalue weighted by molar-refractivity contribution is 5.80. The number of carbonyl (C=O) groups is 1. The molecule has 0 spiro atoms. The quantitative estimate of drug-likeness (QED) is 0.582. The minimum absolute atomic E-state index is 0.204. The van der Waals surface area contributed by atoms with Gasteiger partial charge in [-0.05, 0) is 42.7 Å². The number of nitrogen functional groups attached to an aromatic ring is 1. The monoisotopic (exact) mass is 363 g/mol. The fourth-order valence-corrected chi connectivity index (χ4v) is 2.40. The molecule has 0 radical (unpaired) electrons. The van der Waals surface area contributed by atoms with Crippen molar-refractivity contribution in [3.8, 4) is 11.6 Å². The number of aryl methyl sites for hydroxylation is 2. The smallest absolute Gasteiger partial charge is 0.248 e. The van der Waals surface area contributed by atoms with Crippen molar-refractivity contribution in [2.45, 2.75) is 20.3 Å². The summed E-state index contributed by atoms with van der Waals surface area (Å²) >= 11 is 0. The van der Waals surface area contributed by atoms with Crippen LogP contribution in [0.15, 0.2) is 54.9 Å². The maximum absolute atomic E-state index is 12.1. The van der Waals surface area contributed by atoms with E-state index in [1.165, 1.54) is 11.9 Å². The number of hydrazine groups is 1. The maximum Gasteiger partial charge on any atom is 0.248 e. The average Bonchev–Trinajstić information content (AvgIpc) is 2.66. The van der Waals surface area contributed by atoms with Crippen LogP contribution in [0, 0.1) is 13.8 Å². The van der Waals surface area contributed by atoms with Gasteiger partial charge < -0.3 is 10.5 Å². The van der Waals surface area contributed by atoms with Crippen molar-refractivity contribution in [1.82, 2.24) is 15.4 Å². The molecule has 1 amide bonds. The van der Waals surface area contributed by atoms with E-state index >= 15 is 0 Å². The second kappa shape index (κ2) is 8.18.